The zero-order chi connectivity index (χ0) is 66.9. The van der Waals surface area contributed by atoms with E-state index in [1.54, 1.807) is 9.80 Å². The van der Waals surface area contributed by atoms with E-state index in [-0.39, 0.29) is 74.1 Å². The molecule has 0 saturated carbocycles. The van der Waals surface area contributed by atoms with Gasteiger partial charge in [-0.3, -0.25) is 68.6 Å². The quantitative estimate of drug-likeness (QED) is 0.0201. The van der Waals surface area contributed by atoms with Crippen molar-refractivity contribution in [2.45, 2.75) is 61.8 Å². The van der Waals surface area contributed by atoms with E-state index in [2.05, 4.69) is 82.6 Å². The third-order valence-electron chi connectivity index (χ3n) is 18.8. The molecule has 2 unspecified atom stereocenters. The number of piperazine rings is 2. The number of nitro benzene ring substituents is 2. The van der Waals surface area contributed by atoms with Crippen molar-refractivity contribution in [1.29, 1.82) is 0 Å². The standard InChI is InChI=1S/C75H70N8O13/c84-67-35-36-68(85)80(67)51-63(47-53-31-33-55(49-65(53)82(91)92)71(88)76-39-43-78(44-40-76)74(57-19-7-1-8-20-57,58-21-9-2-10-22-58)59-23-11-3-12-24-59)95-73(90)96-64(52-81-69(86)37-38-70(81)87)48-54-32-34-56(50-66(54)83(93)94)72(89)77-41-45-79(46-42-77)75(60-25-13-4-14-26-60,61-27-15-5-16-28-61)62-29-17-6-18-30-62/h1-34,49-50,63-64H,35-48,51-52H2. The summed E-state index contributed by atoms with van der Waals surface area (Å²) < 4.78 is 11.7. The Balaban J connectivity index is 0.762. The summed E-state index contributed by atoms with van der Waals surface area (Å²) in [5, 5.41) is 26.0. The third kappa shape index (κ3) is 13.3. The number of hydrogen-bond acceptors (Lipinski definition) is 15. The number of carbonyl (C=O) groups is 7. The maximum absolute atomic E-state index is 14.5. The van der Waals surface area contributed by atoms with Gasteiger partial charge in [0.15, 0.2) is 0 Å². The van der Waals surface area contributed by atoms with Crippen LogP contribution < -0.4 is 0 Å². The Morgan fingerprint density at radius 2 is 0.646 bits per heavy atom. The highest BCUT2D eigenvalue weighted by Crippen LogP contribution is 2.45. The van der Waals surface area contributed by atoms with Gasteiger partial charge in [-0.05, 0) is 45.5 Å². The van der Waals surface area contributed by atoms with Crippen molar-refractivity contribution in [3.63, 3.8) is 0 Å². The van der Waals surface area contributed by atoms with E-state index < -0.39 is 112 Å². The monoisotopic (exact) mass is 1290 g/mol. The molecule has 2 atom stereocenters. The summed E-state index contributed by atoms with van der Waals surface area (Å²) >= 11 is 0. The molecule has 0 spiro atoms. The van der Waals surface area contributed by atoms with Crippen LogP contribution in [0.5, 0.6) is 0 Å². The summed E-state index contributed by atoms with van der Waals surface area (Å²) in [7, 11) is 0. The number of rotatable bonds is 22. The van der Waals surface area contributed by atoms with Crippen LogP contribution in [0.15, 0.2) is 218 Å². The van der Waals surface area contributed by atoms with Crippen LogP contribution in [0.3, 0.4) is 0 Å². The predicted octanol–water partition coefficient (Wildman–Crippen LogP) is 9.98. The molecule has 12 rings (SSSR count). The van der Waals surface area contributed by atoms with Crippen LogP contribution in [0.1, 0.15) is 90.9 Å². The van der Waals surface area contributed by atoms with Crippen molar-refractivity contribution in [2.75, 3.05) is 65.4 Å². The Hall–Kier alpha value is -11.0. The summed E-state index contributed by atoms with van der Waals surface area (Å²) in [5.74, 6) is -3.23. The minimum atomic E-state index is -1.50. The molecule has 0 bridgehead atoms. The lowest BCUT2D eigenvalue weighted by Crippen LogP contribution is -2.57. The molecule has 0 radical (unpaired) electrons. The molecule has 4 fully saturated rings. The highest BCUT2D eigenvalue weighted by atomic mass is 16.7. The van der Waals surface area contributed by atoms with Gasteiger partial charge in [-0.2, -0.15) is 0 Å². The van der Waals surface area contributed by atoms with E-state index in [9.17, 15) is 53.8 Å². The van der Waals surface area contributed by atoms with Crippen LogP contribution in [-0.2, 0) is 52.6 Å². The van der Waals surface area contributed by atoms with Crippen molar-refractivity contribution in [1.82, 2.24) is 29.4 Å². The number of hydrogen-bond donors (Lipinski definition) is 0. The Morgan fingerprint density at radius 1 is 0.385 bits per heavy atom. The largest absolute Gasteiger partial charge is 0.508 e. The molecule has 0 aromatic heterocycles. The van der Waals surface area contributed by atoms with E-state index in [1.807, 2.05) is 109 Å². The maximum atomic E-state index is 14.5. The second-order valence-electron chi connectivity index (χ2n) is 24.3. The van der Waals surface area contributed by atoms with Crippen molar-refractivity contribution < 1.29 is 52.9 Å². The molecule has 8 aromatic carbocycles. The van der Waals surface area contributed by atoms with Gasteiger partial charge in [-0.1, -0.05) is 194 Å². The Morgan fingerprint density at radius 3 is 0.896 bits per heavy atom. The number of ether oxygens (including phenoxy) is 2. The van der Waals surface area contributed by atoms with E-state index in [0.29, 0.717) is 26.2 Å². The summed E-state index contributed by atoms with van der Waals surface area (Å²) in [6, 6.07) is 68.8. The fourth-order valence-electron chi connectivity index (χ4n) is 14.2. The molecule has 6 amide bonds. The number of carbonyl (C=O) groups excluding carboxylic acids is 7. The van der Waals surface area contributed by atoms with Crippen LogP contribution >= 0.6 is 0 Å². The van der Waals surface area contributed by atoms with E-state index in [4.69, 9.17) is 9.47 Å². The second-order valence-corrected chi connectivity index (χ2v) is 24.3. The first kappa shape index (κ1) is 65.0. The molecule has 4 aliphatic rings. The second kappa shape index (κ2) is 28.7. The van der Waals surface area contributed by atoms with Crippen LogP contribution in [0.25, 0.3) is 0 Å². The van der Waals surface area contributed by atoms with Gasteiger partial charge in [0.05, 0.1) is 34.0 Å². The van der Waals surface area contributed by atoms with Gasteiger partial charge in [0.2, 0.25) is 23.6 Å². The van der Waals surface area contributed by atoms with Gasteiger partial charge in [-0.25, -0.2) is 4.79 Å². The fraction of sp³-hybridized carbons (Fsp3) is 0.267. The third-order valence-corrected chi connectivity index (χ3v) is 18.8. The van der Waals surface area contributed by atoms with Gasteiger partial charge in [0.1, 0.15) is 12.2 Å². The van der Waals surface area contributed by atoms with Crippen molar-refractivity contribution >= 4 is 53.0 Å². The molecule has 488 valence electrons. The first-order valence-corrected chi connectivity index (χ1v) is 32.1. The zero-order valence-electron chi connectivity index (χ0n) is 52.6. The average molecular weight is 1290 g/mol. The zero-order valence-corrected chi connectivity index (χ0v) is 52.6. The topological polar surface area (TPSA) is 244 Å². The molecular formula is C75H70N8O13. The minimum absolute atomic E-state index is 0.0201. The average Bonchev–Trinajstić information content (AvgIpc) is 0.825. The number of nitrogens with zero attached hydrogens (tertiary/aromatic N) is 8. The van der Waals surface area contributed by atoms with Gasteiger partial charge in [0, 0.05) is 125 Å². The van der Waals surface area contributed by atoms with Crippen LogP contribution in [0.4, 0.5) is 16.2 Å². The lowest BCUT2D eigenvalue weighted by atomic mass is 9.75. The maximum Gasteiger partial charge on any atom is 0.508 e. The van der Waals surface area contributed by atoms with E-state index >= 15 is 0 Å². The number of benzene rings is 8. The van der Waals surface area contributed by atoms with Gasteiger partial charge < -0.3 is 19.3 Å². The van der Waals surface area contributed by atoms with Gasteiger partial charge >= 0.3 is 6.16 Å². The smallest absolute Gasteiger partial charge is 0.429 e. The molecule has 0 aliphatic carbocycles. The van der Waals surface area contributed by atoms with E-state index in [1.165, 1.54) is 24.3 Å². The molecule has 21 heteroatoms. The SMILES string of the molecule is O=C(OC(Cc1ccc(C(=O)N2CCN(C(c3ccccc3)(c3ccccc3)c3ccccc3)CC2)cc1[N+](=O)[O-])CN1C(=O)CCC1=O)OC(Cc1ccc(C(=O)N2CCN(C(c3ccccc3)(c3ccccc3)c3ccccc3)CC2)cc1[N+](=O)[O-])CN1C(=O)CCC1=O. The molecule has 4 aliphatic heterocycles. The summed E-state index contributed by atoms with van der Waals surface area (Å²) in [6.07, 6.45) is -5.91. The van der Waals surface area contributed by atoms with Crippen LogP contribution in [0, 0.1) is 20.2 Å². The normalized spacial score (nSPS) is 16.3. The molecule has 21 nitrogen and oxygen atoms in total. The van der Waals surface area contributed by atoms with Crippen molar-refractivity contribution in [2.24, 2.45) is 0 Å². The van der Waals surface area contributed by atoms with Gasteiger partial charge in [-0.15, -0.1) is 0 Å². The fourth-order valence-corrected chi connectivity index (χ4v) is 14.2. The van der Waals surface area contributed by atoms with Crippen LogP contribution in [0.2, 0.25) is 0 Å². The number of likely N-dealkylation sites (tertiary alicyclic amines) is 2. The number of imide groups is 2. The molecule has 4 saturated heterocycles. The molecule has 96 heavy (non-hydrogen) atoms. The minimum Gasteiger partial charge on any atom is -0.429 e. The molecule has 0 N–H and O–H groups in total. The number of nitro groups is 2. The summed E-state index contributed by atoms with van der Waals surface area (Å²) in [6.45, 7) is 1.74. The van der Waals surface area contributed by atoms with Crippen molar-refractivity contribution in [3.05, 3.63) is 294 Å². The highest BCUT2D eigenvalue weighted by Gasteiger charge is 2.46. The lowest BCUT2D eigenvalue weighted by Gasteiger charge is -2.49. The van der Waals surface area contributed by atoms with Gasteiger partial charge in [0.25, 0.3) is 23.2 Å². The predicted molar refractivity (Wildman–Crippen MR) is 354 cm³/mol. The Bertz CT molecular complexity index is 3700. The Kier molecular flexibility index (Phi) is 19.4. The molecule has 4 heterocycles. The summed E-state index contributed by atoms with van der Waals surface area (Å²) in [5.41, 5.74) is 3.75. The van der Waals surface area contributed by atoms with Crippen LogP contribution in [-0.4, -0.2) is 159 Å². The highest BCUT2D eigenvalue weighted by molar-refractivity contribution is 6.02. The first-order valence-electron chi connectivity index (χ1n) is 32.1. The van der Waals surface area contributed by atoms with Crippen molar-refractivity contribution in [3.8, 4) is 0 Å². The Labute approximate surface area is 554 Å². The van der Waals surface area contributed by atoms with E-state index in [0.717, 1.165) is 55.3 Å². The first-order chi connectivity index (χ1) is 46.6. The summed E-state index contributed by atoms with van der Waals surface area (Å²) in [4.78, 5) is 130. The number of amides is 6. The molecule has 8 aromatic rings. The molecular weight excluding hydrogens is 1220 g/mol. The lowest BCUT2D eigenvalue weighted by molar-refractivity contribution is -0.385.